The fourth-order valence-electron chi connectivity index (χ4n) is 2.32. The van der Waals surface area contributed by atoms with Gasteiger partial charge in [0.1, 0.15) is 11.8 Å². The van der Waals surface area contributed by atoms with Gasteiger partial charge < -0.3 is 14.8 Å². The molecule has 1 fully saturated rings. The minimum atomic E-state index is -0.545. The predicted octanol–water partition coefficient (Wildman–Crippen LogP) is 2.41. The van der Waals surface area contributed by atoms with E-state index in [2.05, 4.69) is 10.3 Å². The molecule has 1 N–H and O–H groups in total. The smallest absolute Gasteiger partial charge is 0.292 e. The molecule has 1 aromatic carbocycles. The number of benzene rings is 1. The highest BCUT2D eigenvalue weighted by Crippen LogP contribution is 2.24. The number of para-hydroxylation sites is 2. The first-order valence-electron chi connectivity index (χ1n) is 7.39. The summed E-state index contributed by atoms with van der Waals surface area (Å²) in [6.45, 7) is 1.14. The van der Waals surface area contributed by atoms with E-state index < -0.39 is 10.8 Å². The van der Waals surface area contributed by atoms with Crippen molar-refractivity contribution in [3.05, 3.63) is 58.3 Å². The molecule has 0 spiro atoms. The van der Waals surface area contributed by atoms with E-state index in [1.807, 2.05) is 0 Å². The van der Waals surface area contributed by atoms with E-state index in [-0.39, 0.29) is 17.5 Å². The summed E-state index contributed by atoms with van der Waals surface area (Å²) >= 11 is 0. The largest absolute Gasteiger partial charge is 0.472 e. The standard InChI is InChI=1S/C16H15N3O5/c20-16(18-13-3-1-2-4-14(13)19(21)22)11-5-7-17-15(9-11)24-12-6-8-23-10-12/h1-5,7,9,12H,6,8,10H2,(H,18,20). The van der Waals surface area contributed by atoms with Crippen LogP contribution in [0.1, 0.15) is 16.8 Å². The van der Waals surface area contributed by atoms with E-state index in [0.717, 1.165) is 6.42 Å². The number of aromatic nitrogens is 1. The average Bonchev–Trinajstić information content (AvgIpc) is 3.08. The first-order valence-corrected chi connectivity index (χ1v) is 7.39. The third-order valence-corrected chi connectivity index (χ3v) is 3.52. The van der Waals surface area contributed by atoms with Gasteiger partial charge in [0.2, 0.25) is 5.88 Å². The van der Waals surface area contributed by atoms with Crippen LogP contribution in [0.25, 0.3) is 0 Å². The number of nitrogens with zero attached hydrogens (tertiary/aromatic N) is 2. The molecule has 8 nitrogen and oxygen atoms in total. The van der Waals surface area contributed by atoms with Crippen LogP contribution in [-0.2, 0) is 4.74 Å². The number of carbonyl (C=O) groups is 1. The van der Waals surface area contributed by atoms with Gasteiger partial charge in [-0.25, -0.2) is 4.98 Å². The predicted molar refractivity (Wildman–Crippen MR) is 85.1 cm³/mol. The van der Waals surface area contributed by atoms with Crippen molar-refractivity contribution in [1.82, 2.24) is 4.98 Å². The fraction of sp³-hybridized carbons (Fsp3) is 0.250. The summed E-state index contributed by atoms with van der Waals surface area (Å²) in [6, 6.07) is 8.98. The number of pyridine rings is 1. The van der Waals surface area contributed by atoms with E-state index in [0.29, 0.717) is 24.7 Å². The molecule has 124 valence electrons. The Morgan fingerprint density at radius 2 is 2.21 bits per heavy atom. The zero-order valence-corrected chi connectivity index (χ0v) is 12.7. The summed E-state index contributed by atoms with van der Waals surface area (Å²) in [4.78, 5) is 26.9. The molecular formula is C16H15N3O5. The van der Waals surface area contributed by atoms with Crippen molar-refractivity contribution in [2.24, 2.45) is 0 Å². The lowest BCUT2D eigenvalue weighted by atomic mass is 10.2. The van der Waals surface area contributed by atoms with Crippen molar-refractivity contribution in [3.8, 4) is 5.88 Å². The molecule has 1 amide bonds. The number of carbonyl (C=O) groups excluding carboxylic acids is 1. The highest BCUT2D eigenvalue weighted by atomic mass is 16.6. The van der Waals surface area contributed by atoms with Crippen LogP contribution in [-0.4, -0.2) is 35.1 Å². The van der Waals surface area contributed by atoms with E-state index in [4.69, 9.17) is 9.47 Å². The van der Waals surface area contributed by atoms with E-state index in [1.54, 1.807) is 6.07 Å². The zero-order valence-electron chi connectivity index (χ0n) is 12.7. The van der Waals surface area contributed by atoms with Gasteiger partial charge in [-0.3, -0.25) is 14.9 Å². The molecular weight excluding hydrogens is 314 g/mol. The Morgan fingerprint density at radius 1 is 1.38 bits per heavy atom. The van der Waals surface area contributed by atoms with Crippen LogP contribution in [0, 0.1) is 10.1 Å². The van der Waals surface area contributed by atoms with Gasteiger partial charge in [0.15, 0.2) is 0 Å². The first-order chi connectivity index (χ1) is 11.6. The van der Waals surface area contributed by atoms with E-state index >= 15 is 0 Å². The van der Waals surface area contributed by atoms with Crippen LogP contribution >= 0.6 is 0 Å². The SMILES string of the molecule is O=C(Nc1ccccc1[N+](=O)[O-])c1ccnc(OC2CCOC2)c1. The number of nitrogens with one attached hydrogen (secondary N) is 1. The Kier molecular flexibility index (Phi) is 4.66. The van der Waals surface area contributed by atoms with Gasteiger partial charge in [-0.2, -0.15) is 0 Å². The maximum atomic E-state index is 12.3. The minimum Gasteiger partial charge on any atom is -0.472 e. The van der Waals surface area contributed by atoms with Crippen molar-refractivity contribution in [2.75, 3.05) is 18.5 Å². The molecule has 1 unspecified atom stereocenters. The molecule has 1 saturated heterocycles. The van der Waals surface area contributed by atoms with Crippen LogP contribution in [0.2, 0.25) is 0 Å². The van der Waals surface area contributed by atoms with Gasteiger partial charge in [0.05, 0.1) is 18.1 Å². The number of nitro groups is 1. The summed E-state index contributed by atoms with van der Waals surface area (Å²) in [5.74, 6) is -0.153. The summed E-state index contributed by atoms with van der Waals surface area (Å²) in [5.41, 5.74) is 0.271. The van der Waals surface area contributed by atoms with Crippen LogP contribution in [0.5, 0.6) is 5.88 Å². The zero-order chi connectivity index (χ0) is 16.9. The quantitative estimate of drug-likeness (QED) is 0.667. The third-order valence-electron chi connectivity index (χ3n) is 3.52. The number of rotatable bonds is 5. The summed E-state index contributed by atoms with van der Waals surface area (Å²) in [5, 5.41) is 13.5. The number of nitro benzene ring substituents is 1. The number of hydrogen-bond donors (Lipinski definition) is 1. The average molecular weight is 329 g/mol. The Labute approximate surface area is 137 Å². The van der Waals surface area contributed by atoms with Gasteiger partial charge >= 0.3 is 0 Å². The molecule has 1 aliphatic rings. The molecule has 0 bridgehead atoms. The molecule has 1 aromatic heterocycles. The van der Waals surface area contributed by atoms with E-state index in [1.165, 1.54) is 36.5 Å². The monoisotopic (exact) mass is 329 g/mol. The summed E-state index contributed by atoms with van der Waals surface area (Å²) < 4.78 is 10.9. The van der Waals surface area contributed by atoms with Crippen molar-refractivity contribution in [1.29, 1.82) is 0 Å². The van der Waals surface area contributed by atoms with Crippen LogP contribution in [0.15, 0.2) is 42.6 Å². The summed E-state index contributed by atoms with van der Waals surface area (Å²) in [6.07, 6.45) is 2.15. The Bertz CT molecular complexity index is 759. The molecule has 1 aliphatic heterocycles. The maximum absolute atomic E-state index is 12.3. The first kappa shape index (κ1) is 15.9. The molecule has 1 atom stereocenters. The van der Waals surface area contributed by atoms with Gasteiger partial charge in [-0.15, -0.1) is 0 Å². The lowest BCUT2D eigenvalue weighted by molar-refractivity contribution is -0.383. The third kappa shape index (κ3) is 3.66. The molecule has 0 aliphatic carbocycles. The second-order valence-corrected chi connectivity index (χ2v) is 5.21. The number of hydrogen-bond acceptors (Lipinski definition) is 6. The van der Waals surface area contributed by atoms with Gasteiger partial charge in [0.25, 0.3) is 11.6 Å². The number of amides is 1. The second kappa shape index (κ2) is 7.05. The number of anilines is 1. The lowest BCUT2D eigenvalue weighted by Gasteiger charge is -2.11. The number of ether oxygens (including phenoxy) is 2. The second-order valence-electron chi connectivity index (χ2n) is 5.21. The normalized spacial score (nSPS) is 16.6. The molecule has 24 heavy (non-hydrogen) atoms. The molecule has 0 radical (unpaired) electrons. The van der Waals surface area contributed by atoms with Crippen LogP contribution in [0.3, 0.4) is 0 Å². The van der Waals surface area contributed by atoms with Crippen molar-refractivity contribution < 1.29 is 19.2 Å². The van der Waals surface area contributed by atoms with Crippen LogP contribution in [0.4, 0.5) is 11.4 Å². The van der Waals surface area contributed by atoms with Crippen molar-refractivity contribution >= 4 is 17.3 Å². The molecule has 0 saturated carbocycles. The maximum Gasteiger partial charge on any atom is 0.292 e. The molecule has 8 heteroatoms. The van der Waals surface area contributed by atoms with E-state index in [9.17, 15) is 14.9 Å². The van der Waals surface area contributed by atoms with Crippen LogP contribution < -0.4 is 10.1 Å². The summed E-state index contributed by atoms with van der Waals surface area (Å²) in [7, 11) is 0. The Hall–Kier alpha value is -3.00. The van der Waals surface area contributed by atoms with Gasteiger partial charge in [0, 0.05) is 30.3 Å². The van der Waals surface area contributed by atoms with Crippen molar-refractivity contribution in [2.45, 2.75) is 12.5 Å². The minimum absolute atomic E-state index is 0.0778. The molecule has 2 aromatic rings. The fourth-order valence-corrected chi connectivity index (χ4v) is 2.32. The van der Waals surface area contributed by atoms with Crippen molar-refractivity contribution in [3.63, 3.8) is 0 Å². The Morgan fingerprint density at radius 3 is 2.96 bits per heavy atom. The lowest BCUT2D eigenvalue weighted by Crippen LogP contribution is -2.17. The molecule has 2 heterocycles. The topological polar surface area (TPSA) is 104 Å². The highest BCUT2D eigenvalue weighted by molar-refractivity contribution is 6.05. The Balaban J connectivity index is 1.74. The highest BCUT2D eigenvalue weighted by Gasteiger charge is 2.19. The molecule has 3 rings (SSSR count). The van der Waals surface area contributed by atoms with Gasteiger partial charge in [-0.1, -0.05) is 12.1 Å². The van der Waals surface area contributed by atoms with Gasteiger partial charge in [-0.05, 0) is 12.1 Å².